The van der Waals surface area contributed by atoms with Gasteiger partial charge in [-0.2, -0.15) is 5.10 Å². The standard InChI is InChI=1S/C20H29BrN6.HI/c1-5-17-25-18-11-10-14(12-27(18)26-17)24-19(22-4)23-13-20(2,3)15-8-6-7-9-16(15)21;/h6-9,14H,5,10-13H2,1-4H3,(H2,22,23,24);1H. The highest BCUT2D eigenvalue weighted by Gasteiger charge is 2.25. The molecule has 1 unspecified atom stereocenters. The van der Waals surface area contributed by atoms with Crippen molar-refractivity contribution >= 4 is 45.9 Å². The summed E-state index contributed by atoms with van der Waals surface area (Å²) in [5, 5.41) is 11.6. The van der Waals surface area contributed by atoms with Crippen LogP contribution in [0, 0.1) is 0 Å². The summed E-state index contributed by atoms with van der Waals surface area (Å²) in [6, 6.07) is 8.69. The first-order valence-corrected chi connectivity index (χ1v) is 10.4. The average Bonchev–Trinajstić information content (AvgIpc) is 3.07. The van der Waals surface area contributed by atoms with Crippen LogP contribution in [0.4, 0.5) is 0 Å². The van der Waals surface area contributed by atoms with Crippen LogP contribution in [-0.2, 0) is 24.8 Å². The zero-order valence-electron chi connectivity index (χ0n) is 17.0. The third-order valence-corrected chi connectivity index (χ3v) is 5.77. The van der Waals surface area contributed by atoms with E-state index < -0.39 is 0 Å². The molecular weight excluding hydrogens is 531 g/mol. The van der Waals surface area contributed by atoms with Gasteiger partial charge in [0.1, 0.15) is 5.82 Å². The van der Waals surface area contributed by atoms with Gasteiger partial charge in [0, 0.05) is 42.4 Å². The molecule has 154 valence electrons. The van der Waals surface area contributed by atoms with E-state index >= 15 is 0 Å². The number of aryl methyl sites for hydroxylation is 2. The van der Waals surface area contributed by atoms with Crippen molar-refractivity contribution in [1.29, 1.82) is 0 Å². The van der Waals surface area contributed by atoms with Crippen LogP contribution in [0.25, 0.3) is 0 Å². The first-order chi connectivity index (χ1) is 12.9. The second kappa shape index (κ2) is 10.0. The number of hydrogen-bond donors (Lipinski definition) is 2. The van der Waals surface area contributed by atoms with Gasteiger partial charge in [-0.05, 0) is 18.1 Å². The average molecular weight is 561 g/mol. The molecule has 0 amide bonds. The summed E-state index contributed by atoms with van der Waals surface area (Å²) in [5.41, 5.74) is 1.25. The molecule has 0 radical (unpaired) electrons. The second-order valence-electron chi connectivity index (χ2n) is 7.65. The van der Waals surface area contributed by atoms with Crippen LogP contribution < -0.4 is 10.6 Å². The van der Waals surface area contributed by atoms with Crippen molar-refractivity contribution in [2.24, 2.45) is 4.99 Å². The van der Waals surface area contributed by atoms with Crippen LogP contribution >= 0.6 is 39.9 Å². The van der Waals surface area contributed by atoms with E-state index in [0.717, 1.165) is 54.4 Å². The number of guanidine groups is 1. The van der Waals surface area contributed by atoms with Gasteiger partial charge in [0.2, 0.25) is 0 Å². The van der Waals surface area contributed by atoms with Gasteiger partial charge in [-0.1, -0.05) is 54.9 Å². The predicted molar refractivity (Wildman–Crippen MR) is 129 cm³/mol. The fraction of sp³-hybridized carbons (Fsp3) is 0.550. The van der Waals surface area contributed by atoms with Crippen molar-refractivity contribution < 1.29 is 0 Å². The number of halogens is 2. The highest BCUT2D eigenvalue weighted by atomic mass is 127. The van der Waals surface area contributed by atoms with Crippen LogP contribution in [0.15, 0.2) is 33.7 Å². The number of aromatic nitrogens is 3. The minimum Gasteiger partial charge on any atom is -0.356 e. The van der Waals surface area contributed by atoms with Crippen LogP contribution in [0.3, 0.4) is 0 Å². The van der Waals surface area contributed by atoms with Crippen LogP contribution in [0.1, 0.15) is 44.4 Å². The van der Waals surface area contributed by atoms with Gasteiger partial charge in [-0.25, -0.2) is 9.67 Å². The smallest absolute Gasteiger partial charge is 0.191 e. The van der Waals surface area contributed by atoms with E-state index in [0.29, 0.717) is 6.04 Å². The molecule has 0 fully saturated rings. The molecular formula is C20H30BrIN6. The number of aliphatic imine (C=N–C) groups is 1. The van der Waals surface area contributed by atoms with Crippen LogP contribution in [-0.4, -0.2) is 40.4 Å². The van der Waals surface area contributed by atoms with E-state index in [2.05, 4.69) is 80.6 Å². The maximum Gasteiger partial charge on any atom is 0.191 e. The van der Waals surface area contributed by atoms with Crippen LogP contribution in [0.5, 0.6) is 0 Å². The summed E-state index contributed by atoms with van der Waals surface area (Å²) >= 11 is 3.67. The Labute approximate surface area is 193 Å². The van der Waals surface area contributed by atoms with E-state index in [9.17, 15) is 0 Å². The topological polar surface area (TPSA) is 67.1 Å². The summed E-state index contributed by atoms with van der Waals surface area (Å²) in [4.78, 5) is 9.00. The lowest BCUT2D eigenvalue weighted by Gasteiger charge is -2.30. The monoisotopic (exact) mass is 560 g/mol. The van der Waals surface area contributed by atoms with Crippen molar-refractivity contribution in [3.05, 3.63) is 46.0 Å². The highest BCUT2D eigenvalue weighted by molar-refractivity contribution is 14.0. The van der Waals surface area contributed by atoms with Gasteiger partial charge in [-0.15, -0.1) is 24.0 Å². The van der Waals surface area contributed by atoms with Crippen molar-refractivity contribution in [2.75, 3.05) is 13.6 Å². The molecule has 8 heteroatoms. The summed E-state index contributed by atoms with van der Waals surface area (Å²) in [6.07, 6.45) is 2.87. The maximum absolute atomic E-state index is 4.59. The molecule has 0 saturated heterocycles. The number of nitrogens with one attached hydrogen (secondary N) is 2. The lowest BCUT2D eigenvalue weighted by molar-refractivity contribution is 0.390. The first kappa shape index (κ1) is 23.1. The maximum atomic E-state index is 4.59. The minimum absolute atomic E-state index is 0. The van der Waals surface area contributed by atoms with E-state index in [4.69, 9.17) is 0 Å². The van der Waals surface area contributed by atoms with Crippen molar-refractivity contribution in [2.45, 2.75) is 58.0 Å². The molecule has 1 atom stereocenters. The molecule has 1 aliphatic heterocycles. The Bertz CT molecular complexity index is 817. The Kier molecular flexibility index (Phi) is 8.30. The van der Waals surface area contributed by atoms with Gasteiger partial charge in [-0.3, -0.25) is 4.99 Å². The molecule has 0 spiro atoms. The molecule has 1 aromatic heterocycles. The van der Waals surface area contributed by atoms with E-state index in [-0.39, 0.29) is 29.4 Å². The summed E-state index contributed by atoms with van der Waals surface area (Å²) < 4.78 is 3.18. The van der Waals surface area contributed by atoms with Gasteiger partial charge < -0.3 is 10.6 Å². The zero-order chi connectivity index (χ0) is 19.4. The van der Waals surface area contributed by atoms with Crippen molar-refractivity contribution in [3.63, 3.8) is 0 Å². The molecule has 2 heterocycles. The quantitative estimate of drug-likeness (QED) is 0.332. The molecule has 3 rings (SSSR count). The van der Waals surface area contributed by atoms with Gasteiger partial charge in [0.25, 0.3) is 0 Å². The Morgan fingerprint density at radius 2 is 2.11 bits per heavy atom. The number of rotatable bonds is 5. The molecule has 1 aliphatic rings. The fourth-order valence-corrected chi connectivity index (χ4v) is 4.25. The number of fused-ring (bicyclic) bond motifs is 1. The van der Waals surface area contributed by atoms with Crippen LogP contribution in [0.2, 0.25) is 0 Å². The molecule has 1 aromatic carbocycles. The Balaban J connectivity index is 0.00000280. The summed E-state index contributed by atoms with van der Waals surface area (Å²) in [5.74, 6) is 2.87. The lowest BCUT2D eigenvalue weighted by atomic mass is 9.84. The van der Waals surface area contributed by atoms with Crippen molar-refractivity contribution in [3.8, 4) is 0 Å². The van der Waals surface area contributed by atoms with E-state index in [1.54, 1.807) is 0 Å². The normalized spacial score (nSPS) is 16.9. The molecule has 6 nitrogen and oxygen atoms in total. The van der Waals surface area contributed by atoms with Crippen molar-refractivity contribution in [1.82, 2.24) is 25.4 Å². The molecule has 0 bridgehead atoms. The number of hydrogen-bond acceptors (Lipinski definition) is 3. The second-order valence-corrected chi connectivity index (χ2v) is 8.50. The Morgan fingerprint density at radius 3 is 2.79 bits per heavy atom. The largest absolute Gasteiger partial charge is 0.356 e. The predicted octanol–water partition coefficient (Wildman–Crippen LogP) is 3.68. The molecule has 2 aromatic rings. The highest BCUT2D eigenvalue weighted by Crippen LogP contribution is 2.29. The van der Waals surface area contributed by atoms with Gasteiger partial charge in [0.05, 0.1) is 6.54 Å². The molecule has 28 heavy (non-hydrogen) atoms. The van der Waals surface area contributed by atoms with Gasteiger partial charge >= 0.3 is 0 Å². The first-order valence-electron chi connectivity index (χ1n) is 9.57. The number of benzene rings is 1. The zero-order valence-corrected chi connectivity index (χ0v) is 20.9. The SMILES string of the molecule is CCc1nc2n(n1)CC(NC(=NC)NCC(C)(C)c1ccccc1Br)CC2.I. The fourth-order valence-electron chi connectivity index (χ4n) is 3.43. The molecule has 2 N–H and O–H groups in total. The third kappa shape index (κ3) is 5.46. The molecule has 0 aliphatic carbocycles. The summed E-state index contributed by atoms with van der Waals surface area (Å²) in [6.45, 7) is 8.19. The molecule has 0 saturated carbocycles. The minimum atomic E-state index is -0.0284. The Hall–Kier alpha value is -1.16. The lowest BCUT2D eigenvalue weighted by Crippen LogP contribution is -2.49. The van der Waals surface area contributed by atoms with E-state index in [1.807, 2.05) is 17.8 Å². The summed E-state index contributed by atoms with van der Waals surface area (Å²) in [7, 11) is 1.82. The van der Waals surface area contributed by atoms with E-state index in [1.165, 1.54) is 5.56 Å². The number of nitrogens with zero attached hydrogens (tertiary/aromatic N) is 4. The Morgan fingerprint density at radius 1 is 1.36 bits per heavy atom. The third-order valence-electron chi connectivity index (χ3n) is 5.08. The van der Waals surface area contributed by atoms with Gasteiger partial charge in [0.15, 0.2) is 11.8 Å².